The molecule has 2 heterocycles. The molecule has 29 heavy (non-hydrogen) atoms. The summed E-state index contributed by atoms with van der Waals surface area (Å²) in [6, 6.07) is 0.530. The summed E-state index contributed by atoms with van der Waals surface area (Å²) in [6.45, 7) is 8.45. The van der Waals surface area contributed by atoms with Crippen LogP contribution in [0, 0.1) is 26.7 Å². The number of nitrogens with zero attached hydrogens (tertiary/aromatic N) is 6. The first-order valence-electron chi connectivity index (χ1n) is 10.6. The smallest absolute Gasteiger partial charge is 0.0795 e. The maximum atomic E-state index is 4.33. The average molecular weight is 550 g/mol. The van der Waals surface area contributed by atoms with Crippen molar-refractivity contribution in [1.29, 1.82) is 0 Å². The maximum absolute atomic E-state index is 4.33. The van der Waals surface area contributed by atoms with Gasteiger partial charge in [-0.05, 0) is 13.8 Å². The van der Waals surface area contributed by atoms with E-state index in [9.17, 15) is 0 Å². The van der Waals surface area contributed by atoms with Gasteiger partial charge in [0, 0.05) is 77.8 Å². The van der Waals surface area contributed by atoms with Crippen LogP contribution in [0.25, 0.3) is 0 Å². The third kappa shape index (κ3) is 11.1. The molecule has 2 rings (SSSR count). The van der Waals surface area contributed by atoms with Crippen LogP contribution >= 0.6 is 0 Å². The summed E-state index contributed by atoms with van der Waals surface area (Å²) in [5.74, 6) is 0. The molecule has 0 spiro atoms. The second-order valence-electron chi connectivity index (χ2n) is 7.51. The molecule has 2 aromatic heterocycles. The van der Waals surface area contributed by atoms with Crippen LogP contribution in [0.3, 0.4) is 0 Å². The van der Waals surface area contributed by atoms with Crippen molar-refractivity contribution < 1.29 is 65.4 Å². The molecule has 0 fully saturated rings. The summed E-state index contributed by atoms with van der Waals surface area (Å²) in [4.78, 5) is 0. The third-order valence-corrected chi connectivity index (χ3v) is 4.91. The first kappa shape index (κ1) is 29.5. The molecular weight excluding hydrogens is 514 g/mol. The van der Waals surface area contributed by atoms with E-state index in [2.05, 4.69) is 47.3 Å². The maximum Gasteiger partial charge on any atom is 0.0795 e. The van der Waals surface area contributed by atoms with Crippen molar-refractivity contribution in [3.8, 4) is 0 Å². The van der Waals surface area contributed by atoms with Gasteiger partial charge in [0.05, 0.1) is 11.4 Å². The second kappa shape index (κ2) is 17.1. The van der Waals surface area contributed by atoms with Gasteiger partial charge in [-0.2, -0.15) is 12.8 Å². The molecule has 8 heteroatoms. The van der Waals surface area contributed by atoms with Crippen LogP contribution in [0.15, 0.2) is 12.4 Å². The third-order valence-electron chi connectivity index (χ3n) is 4.91. The zero-order valence-electron chi connectivity index (χ0n) is 18.7. The largest absolute Gasteiger partial charge is 0.307 e. The fraction of sp³-hybridized carbons (Fsp3) is 0.714. The Labute approximate surface area is 227 Å². The number of hydrogen-bond donors (Lipinski definition) is 0. The molecule has 2 atom stereocenters. The second-order valence-corrected chi connectivity index (χ2v) is 7.51. The number of hydrogen-bond acceptors (Lipinski definition) is 4. The molecule has 6 nitrogen and oxygen atoms in total. The molecule has 158 valence electrons. The molecule has 0 aliphatic rings. The monoisotopic (exact) mass is 550 g/mol. The molecule has 2 unspecified atom stereocenters. The van der Waals surface area contributed by atoms with E-state index >= 15 is 0 Å². The molecule has 0 saturated carbocycles. The average Bonchev–Trinajstić information content (AvgIpc) is 3.28. The summed E-state index contributed by atoms with van der Waals surface area (Å²) in [6.07, 6.45) is 19.6. The summed E-state index contributed by atoms with van der Waals surface area (Å²) >= 11 is 0. The Morgan fingerprint density at radius 3 is 1.90 bits per heavy atom. The van der Waals surface area contributed by atoms with E-state index < -0.39 is 0 Å². The van der Waals surface area contributed by atoms with Crippen LogP contribution in [-0.4, -0.2) is 30.0 Å². The van der Waals surface area contributed by atoms with E-state index in [1.807, 2.05) is 35.6 Å². The number of aromatic nitrogens is 6. The van der Waals surface area contributed by atoms with Crippen molar-refractivity contribution in [2.24, 2.45) is 0 Å². The Kier molecular flexibility index (Phi) is 17.4. The Bertz CT molecular complexity index is 643. The summed E-state index contributed by atoms with van der Waals surface area (Å²) in [5.41, 5.74) is 1.93. The molecule has 2 radical (unpaired) electrons. The zero-order chi connectivity index (χ0) is 19.5. The van der Waals surface area contributed by atoms with E-state index in [4.69, 9.17) is 0 Å². The summed E-state index contributed by atoms with van der Waals surface area (Å²) in [5, 5.41) is 16.9. The molecule has 0 amide bonds. The Morgan fingerprint density at radius 1 is 0.793 bits per heavy atom. The SMILES string of the molecule is CCCCCCC[CH-]C(C[CH-]C(CCC)n1cc(C)nn1)n1cc(C)nn1.[Y].[Y]. The number of unbranched alkanes of at least 4 members (excludes halogenated alkanes) is 5. The molecule has 0 bridgehead atoms. The van der Waals surface area contributed by atoms with Gasteiger partial charge in [-0.15, -0.1) is 10.2 Å². The Hall–Kier alpha value is 0.488. The van der Waals surface area contributed by atoms with Crippen molar-refractivity contribution in [2.75, 3.05) is 0 Å². The molecule has 0 aromatic carbocycles. The van der Waals surface area contributed by atoms with Gasteiger partial charge in [0.25, 0.3) is 0 Å². The predicted octanol–water partition coefficient (Wildman–Crippen LogP) is 5.22. The van der Waals surface area contributed by atoms with Crippen molar-refractivity contribution in [1.82, 2.24) is 30.0 Å². The topological polar surface area (TPSA) is 61.4 Å². The zero-order valence-corrected chi connectivity index (χ0v) is 24.3. The van der Waals surface area contributed by atoms with Gasteiger partial charge in [-0.3, -0.25) is 9.36 Å². The van der Waals surface area contributed by atoms with Crippen LogP contribution in [0.2, 0.25) is 0 Å². The van der Waals surface area contributed by atoms with Crippen LogP contribution in [0.4, 0.5) is 0 Å². The normalized spacial score (nSPS) is 12.8. The molecular formula is C21H36N6Y2-2. The molecule has 2 aromatic rings. The standard InChI is InChI=1S/C21H36N6.2Y/c1-5-7-8-9-10-11-13-21(27-17-19(4)23-25-27)15-14-20(12-6-2)26-16-18(3)22-24-26;;/h13-14,16-17,20-21H,5-12,15H2,1-4H3;;/q-2;;. The molecule has 0 aliphatic heterocycles. The Balaban J connectivity index is 0.00000392. The van der Waals surface area contributed by atoms with Gasteiger partial charge in [0.1, 0.15) is 0 Å². The predicted molar refractivity (Wildman–Crippen MR) is 109 cm³/mol. The fourth-order valence-electron chi connectivity index (χ4n) is 3.38. The van der Waals surface area contributed by atoms with Gasteiger partial charge in [0.2, 0.25) is 0 Å². The van der Waals surface area contributed by atoms with Gasteiger partial charge >= 0.3 is 0 Å². The molecule has 0 N–H and O–H groups in total. The van der Waals surface area contributed by atoms with Crippen molar-refractivity contribution in [3.63, 3.8) is 0 Å². The van der Waals surface area contributed by atoms with Gasteiger partial charge in [0.15, 0.2) is 0 Å². The summed E-state index contributed by atoms with van der Waals surface area (Å²) < 4.78 is 4.00. The van der Waals surface area contributed by atoms with E-state index in [0.29, 0.717) is 0 Å². The number of rotatable bonds is 14. The van der Waals surface area contributed by atoms with Crippen molar-refractivity contribution >= 4 is 0 Å². The minimum Gasteiger partial charge on any atom is -0.307 e. The van der Waals surface area contributed by atoms with Crippen LogP contribution < -0.4 is 0 Å². The minimum absolute atomic E-state index is 0. The van der Waals surface area contributed by atoms with E-state index in [1.54, 1.807) is 0 Å². The van der Waals surface area contributed by atoms with Crippen LogP contribution in [0.1, 0.15) is 95.1 Å². The fourth-order valence-corrected chi connectivity index (χ4v) is 3.38. The first-order valence-corrected chi connectivity index (χ1v) is 10.6. The van der Waals surface area contributed by atoms with Crippen molar-refractivity contribution in [2.45, 2.75) is 97.6 Å². The Morgan fingerprint density at radius 2 is 1.38 bits per heavy atom. The first-order chi connectivity index (χ1) is 13.1. The minimum atomic E-state index is 0. The van der Waals surface area contributed by atoms with E-state index in [0.717, 1.165) is 37.1 Å². The van der Waals surface area contributed by atoms with Gasteiger partial charge < -0.3 is 12.8 Å². The van der Waals surface area contributed by atoms with Crippen molar-refractivity contribution in [3.05, 3.63) is 36.6 Å². The summed E-state index contributed by atoms with van der Waals surface area (Å²) in [7, 11) is 0. The van der Waals surface area contributed by atoms with Gasteiger partial charge in [-0.1, -0.05) is 81.3 Å². The number of aryl methyl sites for hydroxylation is 2. The molecule has 0 saturated heterocycles. The van der Waals surface area contributed by atoms with Crippen LogP contribution in [0.5, 0.6) is 0 Å². The van der Waals surface area contributed by atoms with Crippen LogP contribution in [-0.2, 0) is 65.4 Å². The molecule has 0 aliphatic carbocycles. The van der Waals surface area contributed by atoms with Gasteiger partial charge in [-0.25, -0.2) is 0 Å². The quantitative estimate of drug-likeness (QED) is 0.239. The van der Waals surface area contributed by atoms with E-state index in [-0.39, 0.29) is 77.5 Å². The van der Waals surface area contributed by atoms with E-state index in [1.165, 1.54) is 32.1 Å².